The van der Waals surface area contributed by atoms with Crippen LogP contribution in [0, 0.1) is 5.82 Å². The SMILES string of the molecule is O=C(CNCc1ccccc1F)Nc1ccc(OCc2ccccc2)cc1. The molecule has 0 saturated heterocycles. The molecule has 27 heavy (non-hydrogen) atoms. The Kier molecular flexibility index (Phi) is 6.55. The van der Waals surface area contributed by atoms with Crippen LogP contribution in [0.15, 0.2) is 78.9 Å². The Balaban J connectivity index is 1.42. The Labute approximate surface area is 158 Å². The molecule has 0 saturated carbocycles. The molecule has 0 radical (unpaired) electrons. The molecule has 0 heterocycles. The predicted molar refractivity (Wildman–Crippen MR) is 104 cm³/mol. The minimum absolute atomic E-state index is 0.0978. The van der Waals surface area contributed by atoms with E-state index in [1.165, 1.54) is 6.07 Å². The topological polar surface area (TPSA) is 50.4 Å². The van der Waals surface area contributed by atoms with Crippen molar-refractivity contribution in [1.82, 2.24) is 5.32 Å². The van der Waals surface area contributed by atoms with Gasteiger partial charge in [-0.05, 0) is 35.9 Å². The summed E-state index contributed by atoms with van der Waals surface area (Å²) in [6.45, 7) is 0.888. The fourth-order valence-electron chi connectivity index (χ4n) is 2.53. The van der Waals surface area contributed by atoms with E-state index in [1.807, 2.05) is 42.5 Å². The van der Waals surface area contributed by atoms with Gasteiger partial charge >= 0.3 is 0 Å². The van der Waals surface area contributed by atoms with E-state index >= 15 is 0 Å². The fraction of sp³-hybridized carbons (Fsp3) is 0.136. The lowest BCUT2D eigenvalue weighted by molar-refractivity contribution is -0.115. The van der Waals surface area contributed by atoms with Gasteiger partial charge in [-0.1, -0.05) is 48.5 Å². The maximum Gasteiger partial charge on any atom is 0.238 e. The molecule has 0 bridgehead atoms. The second-order valence-electron chi connectivity index (χ2n) is 6.04. The zero-order valence-electron chi connectivity index (χ0n) is 14.8. The molecule has 0 aliphatic rings. The largest absolute Gasteiger partial charge is 0.489 e. The second-order valence-corrected chi connectivity index (χ2v) is 6.04. The number of halogens is 1. The predicted octanol–water partition coefficient (Wildman–Crippen LogP) is 4.13. The highest BCUT2D eigenvalue weighted by molar-refractivity contribution is 5.92. The molecule has 0 atom stereocenters. The van der Waals surface area contributed by atoms with Crippen molar-refractivity contribution >= 4 is 11.6 Å². The van der Waals surface area contributed by atoms with Gasteiger partial charge in [0.05, 0.1) is 6.54 Å². The number of rotatable bonds is 8. The highest BCUT2D eigenvalue weighted by Crippen LogP contribution is 2.17. The minimum Gasteiger partial charge on any atom is -0.489 e. The van der Waals surface area contributed by atoms with Crippen molar-refractivity contribution in [2.45, 2.75) is 13.2 Å². The summed E-state index contributed by atoms with van der Waals surface area (Å²) in [5.74, 6) is 0.260. The van der Waals surface area contributed by atoms with Crippen LogP contribution in [-0.2, 0) is 17.9 Å². The molecular weight excluding hydrogens is 343 g/mol. The van der Waals surface area contributed by atoms with E-state index in [0.29, 0.717) is 24.4 Å². The van der Waals surface area contributed by atoms with Crippen molar-refractivity contribution in [3.05, 3.63) is 95.8 Å². The first-order valence-electron chi connectivity index (χ1n) is 8.71. The molecule has 0 aromatic heterocycles. The lowest BCUT2D eigenvalue weighted by Gasteiger charge is -2.09. The summed E-state index contributed by atoms with van der Waals surface area (Å²) in [5, 5.41) is 5.73. The summed E-state index contributed by atoms with van der Waals surface area (Å²) >= 11 is 0. The first-order chi connectivity index (χ1) is 13.2. The molecule has 138 valence electrons. The second kappa shape index (κ2) is 9.50. The van der Waals surface area contributed by atoms with Crippen molar-refractivity contribution in [2.75, 3.05) is 11.9 Å². The standard InChI is InChI=1S/C22H21FN2O2/c23-21-9-5-4-8-18(21)14-24-15-22(26)25-19-10-12-20(13-11-19)27-16-17-6-2-1-3-7-17/h1-13,24H,14-16H2,(H,25,26). The van der Waals surface area contributed by atoms with Gasteiger partial charge in [-0.25, -0.2) is 4.39 Å². The van der Waals surface area contributed by atoms with Crippen molar-refractivity contribution in [2.24, 2.45) is 0 Å². The van der Waals surface area contributed by atoms with Crippen LogP contribution in [0.3, 0.4) is 0 Å². The van der Waals surface area contributed by atoms with E-state index in [1.54, 1.807) is 30.3 Å². The van der Waals surface area contributed by atoms with Crippen LogP contribution in [0.5, 0.6) is 5.75 Å². The van der Waals surface area contributed by atoms with Gasteiger partial charge in [0.25, 0.3) is 0 Å². The summed E-state index contributed by atoms with van der Waals surface area (Å²) < 4.78 is 19.2. The van der Waals surface area contributed by atoms with E-state index in [9.17, 15) is 9.18 Å². The number of ether oxygens (including phenoxy) is 1. The van der Waals surface area contributed by atoms with Crippen LogP contribution < -0.4 is 15.4 Å². The van der Waals surface area contributed by atoms with Crippen LogP contribution in [0.2, 0.25) is 0 Å². The van der Waals surface area contributed by atoms with Gasteiger partial charge in [-0.15, -0.1) is 0 Å². The van der Waals surface area contributed by atoms with Gasteiger partial charge in [0.15, 0.2) is 0 Å². The summed E-state index contributed by atoms with van der Waals surface area (Å²) in [6.07, 6.45) is 0. The highest BCUT2D eigenvalue weighted by Gasteiger charge is 2.04. The Bertz CT molecular complexity index is 867. The Morgan fingerprint density at radius 3 is 2.33 bits per heavy atom. The molecule has 4 nitrogen and oxygen atoms in total. The van der Waals surface area contributed by atoms with Crippen molar-refractivity contribution in [3.8, 4) is 5.75 Å². The van der Waals surface area contributed by atoms with Crippen LogP contribution in [0.25, 0.3) is 0 Å². The third-order valence-electron chi connectivity index (χ3n) is 3.95. The van der Waals surface area contributed by atoms with Gasteiger partial charge in [0.2, 0.25) is 5.91 Å². The molecule has 0 aliphatic carbocycles. The average molecular weight is 364 g/mol. The third kappa shape index (κ3) is 5.94. The lowest BCUT2D eigenvalue weighted by atomic mass is 10.2. The number of carbonyl (C=O) groups is 1. The third-order valence-corrected chi connectivity index (χ3v) is 3.95. The number of hydrogen-bond donors (Lipinski definition) is 2. The molecule has 3 aromatic rings. The van der Waals surface area contributed by atoms with Crippen molar-refractivity contribution in [3.63, 3.8) is 0 Å². The van der Waals surface area contributed by atoms with E-state index < -0.39 is 0 Å². The van der Waals surface area contributed by atoms with Gasteiger partial charge in [-0.2, -0.15) is 0 Å². The molecule has 0 unspecified atom stereocenters. The van der Waals surface area contributed by atoms with Crippen molar-refractivity contribution < 1.29 is 13.9 Å². The fourth-order valence-corrected chi connectivity index (χ4v) is 2.53. The first-order valence-corrected chi connectivity index (χ1v) is 8.71. The van der Waals surface area contributed by atoms with Gasteiger partial charge in [0, 0.05) is 17.8 Å². The van der Waals surface area contributed by atoms with Crippen molar-refractivity contribution in [1.29, 1.82) is 0 Å². The molecule has 0 aliphatic heterocycles. The van der Waals surface area contributed by atoms with E-state index in [2.05, 4.69) is 10.6 Å². The number of nitrogens with one attached hydrogen (secondary N) is 2. The van der Waals surface area contributed by atoms with Crippen LogP contribution in [0.1, 0.15) is 11.1 Å². The van der Waals surface area contributed by atoms with E-state index in [0.717, 1.165) is 11.3 Å². The highest BCUT2D eigenvalue weighted by atomic mass is 19.1. The Hall–Kier alpha value is -3.18. The van der Waals surface area contributed by atoms with E-state index in [-0.39, 0.29) is 18.3 Å². The molecule has 0 fully saturated rings. The van der Waals surface area contributed by atoms with Crippen LogP contribution in [0.4, 0.5) is 10.1 Å². The molecule has 1 amide bonds. The molecule has 3 aromatic carbocycles. The molecule has 3 rings (SSSR count). The van der Waals surface area contributed by atoms with E-state index in [4.69, 9.17) is 4.74 Å². The normalized spacial score (nSPS) is 10.4. The zero-order chi connectivity index (χ0) is 18.9. The maximum absolute atomic E-state index is 13.5. The Morgan fingerprint density at radius 2 is 1.59 bits per heavy atom. The molecule has 5 heteroatoms. The van der Waals surface area contributed by atoms with Gasteiger partial charge < -0.3 is 15.4 Å². The maximum atomic E-state index is 13.5. The number of anilines is 1. The average Bonchev–Trinajstić information content (AvgIpc) is 2.70. The molecule has 0 spiro atoms. The van der Waals surface area contributed by atoms with Gasteiger partial charge in [-0.3, -0.25) is 4.79 Å². The number of hydrogen-bond acceptors (Lipinski definition) is 3. The minimum atomic E-state index is -0.281. The summed E-state index contributed by atoms with van der Waals surface area (Å²) in [6, 6.07) is 23.6. The van der Waals surface area contributed by atoms with Crippen LogP contribution in [-0.4, -0.2) is 12.5 Å². The lowest BCUT2D eigenvalue weighted by Crippen LogP contribution is -2.27. The summed E-state index contributed by atoms with van der Waals surface area (Å²) in [5.41, 5.74) is 2.31. The summed E-state index contributed by atoms with van der Waals surface area (Å²) in [7, 11) is 0. The monoisotopic (exact) mass is 364 g/mol. The van der Waals surface area contributed by atoms with Gasteiger partial charge in [0.1, 0.15) is 18.2 Å². The molecule has 2 N–H and O–H groups in total. The quantitative estimate of drug-likeness (QED) is 0.632. The summed E-state index contributed by atoms with van der Waals surface area (Å²) in [4.78, 5) is 12.0. The number of amides is 1. The van der Waals surface area contributed by atoms with Crippen LogP contribution >= 0.6 is 0 Å². The number of carbonyl (C=O) groups excluding carboxylic acids is 1. The Morgan fingerprint density at radius 1 is 0.889 bits per heavy atom. The first kappa shape index (κ1) is 18.6. The molecular formula is C22H21FN2O2. The smallest absolute Gasteiger partial charge is 0.238 e. The number of benzene rings is 3. The zero-order valence-corrected chi connectivity index (χ0v) is 14.8.